The average Bonchev–Trinajstić information content (AvgIpc) is 2.27. The van der Waals surface area contributed by atoms with E-state index >= 15 is 0 Å². The Bertz CT molecular complexity index is 278. The molecule has 0 radical (unpaired) electrons. The summed E-state index contributed by atoms with van der Waals surface area (Å²) >= 11 is 0. The van der Waals surface area contributed by atoms with Crippen molar-refractivity contribution in [1.82, 2.24) is 5.32 Å². The Balaban J connectivity index is 2.60. The molecule has 1 aliphatic rings. The number of nitrogens with one attached hydrogen (secondary N) is 1. The van der Waals surface area contributed by atoms with Crippen LogP contribution in [0.2, 0.25) is 0 Å². The normalized spacial score (nSPS) is 30.1. The molecule has 0 amide bonds. The van der Waals surface area contributed by atoms with Gasteiger partial charge in [-0.25, -0.2) is 0 Å². The lowest BCUT2D eigenvalue weighted by atomic mass is 9.88. The number of carbonyl (C=O) groups is 1. The predicted octanol–water partition coefficient (Wildman–Crippen LogP) is 1.88. The first-order valence-corrected chi connectivity index (χ1v) is 6.33. The second-order valence-electron chi connectivity index (χ2n) is 5.60. The van der Waals surface area contributed by atoms with Gasteiger partial charge in [-0.05, 0) is 40.0 Å². The molecule has 1 N–H and O–H groups in total. The second-order valence-corrected chi connectivity index (χ2v) is 5.60. The van der Waals surface area contributed by atoms with Gasteiger partial charge in [-0.3, -0.25) is 10.1 Å². The van der Waals surface area contributed by atoms with Crippen LogP contribution in [0.3, 0.4) is 0 Å². The molecule has 0 spiro atoms. The second kappa shape index (κ2) is 5.36. The first-order valence-electron chi connectivity index (χ1n) is 6.33. The van der Waals surface area contributed by atoms with E-state index < -0.39 is 5.54 Å². The summed E-state index contributed by atoms with van der Waals surface area (Å²) < 4.78 is 10.6. The van der Waals surface area contributed by atoms with Gasteiger partial charge in [0.2, 0.25) is 0 Å². The minimum atomic E-state index is -0.634. The number of esters is 1. The molecule has 0 aliphatic carbocycles. The molecule has 1 saturated heterocycles. The maximum absolute atomic E-state index is 11.6. The Morgan fingerprint density at radius 2 is 2.24 bits per heavy atom. The number of methoxy groups -OCH3 is 1. The Labute approximate surface area is 104 Å². The van der Waals surface area contributed by atoms with Gasteiger partial charge in [-0.2, -0.15) is 0 Å². The van der Waals surface area contributed by atoms with Crippen molar-refractivity contribution >= 4 is 5.97 Å². The fourth-order valence-electron chi connectivity index (χ4n) is 2.32. The summed E-state index contributed by atoms with van der Waals surface area (Å²) in [6, 6.07) is 0.308. The monoisotopic (exact) mass is 243 g/mol. The molecular weight excluding hydrogens is 218 g/mol. The van der Waals surface area contributed by atoms with Gasteiger partial charge in [0.25, 0.3) is 0 Å². The Morgan fingerprint density at radius 1 is 1.59 bits per heavy atom. The maximum Gasteiger partial charge on any atom is 0.325 e. The third-order valence-corrected chi connectivity index (χ3v) is 3.60. The summed E-state index contributed by atoms with van der Waals surface area (Å²) in [5.41, 5.74) is -0.701. The molecule has 0 aromatic heterocycles. The van der Waals surface area contributed by atoms with Crippen molar-refractivity contribution in [2.45, 2.75) is 64.1 Å². The van der Waals surface area contributed by atoms with Crippen LogP contribution in [0.5, 0.6) is 0 Å². The lowest BCUT2D eigenvalue weighted by Gasteiger charge is -2.40. The summed E-state index contributed by atoms with van der Waals surface area (Å²) in [6.07, 6.45) is 2.86. The third kappa shape index (κ3) is 3.68. The minimum absolute atomic E-state index is 0.0673. The van der Waals surface area contributed by atoms with Crippen molar-refractivity contribution in [2.75, 3.05) is 13.7 Å². The van der Waals surface area contributed by atoms with Gasteiger partial charge in [-0.15, -0.1) is 0 Å². The molecule has 1 rings (SSSR count). The third-order valence-electron chi connectivity index (χ3n) is 3.60. The smallest absolute Gasteiger partial charge is 0.325 e. The molecule has 4 heteroatoms. The zero-order valence-electron chi connectivity index (χ0n) is 11.6. The van der Waals surface area contributed by atoms with E-state index in [1.165, 1.54) is 7.11 Å². The van der Waals surface area contributed by atoms with Crippen LogP contribution in [-0.2, 0) is 14.3 Å². The first-order chi connectivity index (χ1) is 7.83. The van der Waals surface area contributed by atoms with Crippen molar-refractivity contribution in [3.63, 3.8) is 0 Å². The number of ether oxygens (including phenoxy) is 2. The topological polar surface area (TPSA) is 47.6 Å². The maximum atomic E-state index is 11.6. The molecule has 0 aromatic carbocycles. The van der Waals surface area contributed by atoms with Crippen LogP contribution < -0.4 is 5.32 Å². The van der Waals surface area contributed by atoms with E-state index in [0.29, 0.717) is 6.04 Å². The number of hydrogen-bond donors (Lipinski definition) is 1. The van der Waals surface area contributed by atoms with E-state index in [4.69, 9.17) is 9.47 Å². The zero-order chi connectivity index (χ0) is 13.1. The minimum Gasteiger partial charge on any atom is -0.468 e. The van der Waals surface area contributed by atoms with Crippen LogP contribution in [0.25, 0.3) is 0 Å². The van der Waals surface area contributed by atoms with Crippen LogP contribution in [0.1, 0.15) is 47.0 Å². The van der Waals surface area contributed by atoms with Crippen LogP contribution in [0, 0.1) is 0 Å². The molecule has 1 fully saturated rings. The van der Waals surface area contributed by atoms with Crippen molar-refractivity contribution in [1.29, 1.82) is 0 Å². The molecule has 0 aromatic rings. The molecule has 2 atom stereocenters. The fourth-order valence-corrected chi connectivity index (χ4v) is 2.32. The highest BCUT2D eigenvalue weighted by atomic mass is 16.5. The number of rotatable bonds is 4. The van der Waals surface area contributed by atoms with Crippen molar-refractivity contribution in [2.24, 2.45) is 0 Å². The summed E-state index contributed by atoms with van der Waals surface area (Å²) in [5.74, 6) is -0.220. The van der Waals surface area contributed by atoms with Gasteiger partial charge in [-0.1, -0.05) is 6.92 Å². The highest BCUT2D eigenvalue weighted by Gasteiger charge is 2.37. The van der Waals surface area contributed by atoms with Crippen LogP contribution in [0.15, 0.2) is 0 Å². The van der Waals surface area contributed by atoms with Crippen molar-refractivity contribution in [3.8, 4) is 0 Å². The Kier molecular flexibility index (Phi) is 4.55. The Hall–Kier alpha value is -0.610. The quantitative estimate of drug-likeness (QED) is 0.766. The van der Waals surface area contributed by atoms with Crippen LogP contribution >= 0.6 is 0 Å². The highest BCUT2D eigenvalue weighted by Crippen LogP contribution is 2.28. The van der Waals surface area contributed by atoms with E-state index in [-0.39, 0.29) is 11.6 Å². The summed E-state index contributed by atoms with van der Waals surface area (Å²) in [4.78, 5) is 11.6. The van der Waals surface area contributed by atoms with Gasteiger partial charge in [0, 0.05) is 12.6 Å². The standard InChI is InChI=1S/C13H25NO3/c1-6-13(4)9-10(7-8-17-13)14-12(2,3)11(15)16-5/h10,14H,6-9H2,1-5H3. The lowest BCUT2D eigenvalue weighted by Crippen LogP contribution is -2.56. The molecule has 1 aliphatic heterocycles. The van der Waals surface area contributed by atoms with Gasteiger partial charge < -0.3 is 9.47 Å². The highest BCUT2D eigenvalue weighted by molar-refractivity contribution is 5.79. The van der Waals surface area contributed by atoms with E-state index in [1.807, 2.05) is 13.8 Å². The van der Waals surface area contributed by atoms with Crippen LogP contribution in [-0.4, -0.2) is 36.9 Å². The number of hydrogen-bond acceptors (Lipinski definition) is 4. The van der Waals surface area contributed by atoms with Crippen molar-refractivity contribution in [3.05, 3.63) is 0 Å². The molecule has 4 nitrogen and oxygen atoms in total. The fraction of sp³-hybridized carbons (Fsp3) is 0.923. The van der Waals surface area contributed by atoms with Gasteiger partial charge in [0.1, 0.15) is 5.54 Å². The molecule has 1 heterocycles. The molecular formula is C13H25NO3. The first kappa shape index (κ1) is 14.5. The van der Waals surface area contributed by atoms with Crippen LogP contribution in [0.4, 0.5) is 0 Å². The van der Waals surface area contributed by atoms with E-state index in [1.54, 1.807) is 0 Å². The molecule has 0 bridgehead atoms. The molecule has 17 heavy (non-hydrogen) atoms. The van der Waals surface area contributed by atoms with Gasteiger partial charge in [0.15, 0.2) is 0 Å². The largest absolute Gasteiger partial charge is 0.468 e. The molecule has 0 saturated carbocycles. The predicted molar refractivity (Wildman–Crippen MR) is 66.9 cm³/mol. The lowest BCUT2D eigenvalue weighted by molar-refractivity contribution is -0.148. The summed E-state index contributed by atoms with van der Waals surface area (Å²) in [7, 11) is 1.42. The van der Waals surface area contributed by atoms with E-state index in [0.717, 1.165) is 25.9 Å². The Morgan fingerprint density at radius 3 is 2.76 bits per heavy atom. The summed E-state index contributed by atoms with van der Waals surface area (Å²) in [6.45, 7) is 8.73. The zero-order valence-corrected chi connectivity index (χ0v) is 11.6. The molecule has 2 unspecified atom stereocenters. The molecule has 100 valence electrons. The van der Waals surface area contributed by atoms with Gasteiger partial charge >= 0.3 is 5.97 Å². The van der Waals surface area contributed by atoms with Crippen molar-refractivity contribution < 1.29 is 14.3 Å². The summed E-state index contributed by atoms with van der Waals surface area (Å²) in [5, 5.41) is 3.38. The SMILES string of the molecule is CCC1(C)CC(NC(C)(C)C(=O)OC)CCO1. The van der Waals surface area contributed by atoms with E-state index in [9.17, 15) is 4.79 Å². The average molecular weight is 243 g/mol. The van der Waals surface area contributed by atoms with Gasteiger partial charge in [0.05, 0.1) is 12.7 Å². The number of carbonyl (C=O) groups excluding carboxylic acids is 1. The van der Waals surface area contributed by atoms with E-state index in [2.05, 4.69) is 19.2 Å².